The van der Waals surface area contributed by atoms with E-state index in [9.17, 15) is 19.6 Å². The number of halogens is 2. The fraction of sp³-hybridized carbons (Fsp3) is 0.455. The second kappa shape index (κ2) is 5.19. The van der Waals surface area contributed by atoms with Crippen LogP contribution in [0.2, 0.25) is 0 Å². The molecule has 1 aliphatic rings. The number of ether oxygens (including phenoxy) is 1. The Morgan fingerprint density at radius 2 is 2.22 bits per heavy atom. The SMILES string of the molecule is O=[N+]([O-])c1cc(Br)c(F)cc1O[C@@H]1CCC[C@H]1O. The molecule has 0 bridgehead atoms. The van der Waals surface area contributed by atoms with Gasteiger partial charge < -0.3 is 9.84 Å². The van der Waals surface area contributed by atoms with Crippen molar-refractivity contribution >= 4 is 21.6 Å². The van der Waals surface area contributed by atoms with Gasteiger partial charge in [-0.15, -0.1) is 0 Å². The van der Waals surface area contributed by atoms with Gasteiger partial charge in [0.1, 0.15) is 11.9 Å². The van der Waals surface area contributed by atoms with Crippen LogP contribution >= 0.6 is 15.9 Å². The van der Waals surface area contributed by atoms with Crippen molar-refractivity contribution < 1.29 is 19.2 Å². The minimum absolute atomic E-state index is 0.00789. The lowest BCUT2D eigenvalue weighted by molar-refractivity contribution is -0.386. The minimum atomic E-state index is -0.656. The summed E-state index contributed by atoms with van der Waals surface area (Å²) in [5, 5.41) is 20.5. The Morgan fingerprint density at radius 3 is 2.78 bits per heavy atom. The summed E-state index contributed by atoms with van der Waals surface area (Å²) in [6.45, 7) is 0. The molecule has 0 spiro atoms. The van der Waals surface area contributed by atoms with Gasteiger partial charge >= 0.3 is 5.69 Å². The van der Waals surface area contributed by atoms with Crippen LogP contribution < -0.4 is 4.74 Å². The van der Waals surface area contributed by atoms with Crippen molar-refractivity contribution in [1.29, 1.82) is 0 Å². The van der Waals surface area contributed by atoms with E-state index in [2.05, 4.69) is 15.9 Å². The van der Waals surface area contributed by atoms with Gasteiger partial charge in [0.15, 0.2) is 5.75 Å². The lowest BCUT2D eigenvalue weighted by Crippen LogP contribution is -2.26. The van der Waals surface area contributed by atoms with Gasteiger partial charge in [-0.05, 0) is 35.2 Å². The normalized spacial score (nSPS) is 23.1. The Kier molecular flexibility index (Phi) is 3.82. The molecule has 2 rings (SSSR count). The summed E-state index contributed by atoms with van der Waals surface area (Å²) in [5.74, 6) is -0.783. The lowest BCUT2D eigenvalue weighted by Gasteiger charge is -2.17. The number of nitro groups is 1. The highest BCUT2D eigenvalue weighted by atomic mass is 79.9. The average Bonchev–Trinajstić information content (AvgIpc) is 2.69. The van der Waals surface area contributed by atoms with E-state index in [0.717, 1.165) is 18.6 Å². The maximum Gasteiger partial charge on any atom is 0.312 e. The number of aliphatic hydroxyl groups is 1. The summed E-state index contributed by atoms with van der Waals surface area (Å²) in [6.07, 6.45) is 0.826. The van der Waals surface area contributed by atoms with E-state index in [1.54, 1.807) is 0 Å². The molecule has 0 saturated heterocycles. The van der Waals surface area contributed by atoms with Gasteiger partial charge in [0.2, 0.25) is 0 Å². The van der Waals surface area contributed by atoms with Crippen LogP contribution in [0.4, 0.5) is 10.1 Å². The van der Waals surface area contributed by atoms with Crippen LogP contribution in [0.1, 0.15) is 19.3 Å². The van der Waals surface area contributed by atoms with Gasteiger partial charge in [0.25, 0.3) is 0 Å². The van der Waals surface area contributed by atoms with Gasteiger partial charge in [-0.3, -0.25) is 10.1 Å². The molecular formula is C11H11BrFNO4. The van der Waals surface area contributed by atoms with E-state index < -0.39 is 22.9 Å². The highest BCUT2D eigenvalue weighted by molar-refractivity contribution is 9.10. The molecule has 1 aromatic carbocycles. The monoisotopic (exact) mass is 319 g/mol. The number of nitro benzene ring substituents is 1. The third-order valence-corrected chi connectivity index (χ3v) is 3.50. The van der Waals surface area contributed by atoms with E-state index in [1.807, 2.05) is 0 Å². The van der Waals surface area contributed by atoms with Crippen molar-refractivity contribution in [2.24, 2.45) is 0 Å². The Hall–Kier alpha value is -1.21. The van der Waals surface area contributed by atoms with Crippen molar-refractivity contribution in [1.82, 2.24) is 0 Å². The fourth-order valence-electron chi connectivity index (χ4n) is 1.96. The van der Waals surface area contributed by atoms with E-state index in [-0.39, 0.29) is 15.9 Å². The lowest BCUT2D eigenvalue weighted by atomic mass is 10.2. The number of aliphatic hydroxyl groups excluding tert-OH is 1. The van der Waals surface area contributed by atoms with Crippen LogP contribution in [0.5, 0.6) is 5.75 Å². The highest BCUT2D eigenvalue weighted by Gasteiger charge is 2.30. The molecule has 5 nitrogen and oxygen atoms in total. The Morgan fingerprint density at radius 1 is 1.50 bits per heavy atom. The predicted molar refractivity (Wildman–Crippen MR) is 65.0 cm³/mol. The Bertz CT molecular complexity index is 482. The molecule has 0 amide bonds. The van der Waals surface area contributed by atoms with Crippen molar-refractivity contribution in [3.63, 3.8) is 0 Å². The molecule has 0 heterocycles. The molecule has 1 aliphatic carbocycles. The van der Waals surface area contributed by atoms with Crippen LogP contribution in [0.3, 0.4) is 0 Å². The van der Waals surface area contributed by atoms with Crippen molar-refractivity contribution in [2.75, 3.05) is 0 Å². The first-order chi connectivity index (χ1) is 8.49. The summed E-state index contributed by atoms with van der Waals surface area (Å²) in [6, 6.07) is 2.03. The molecule has 0 radical (unpaired) electrons. The van der Waals surface area contributed by atoms with E-state index >= 15 is 0 Å². The van der Waals surface area contributed by atoms with Gasteiger partial charge in [0, 0.05) is 12.1 Å². The number of rotatable bonds is 3. The molecule has 2 atom stereocenters. The van der Waals surface area contributed by atoms with Crippen LogP contribution in [0, 0.1) is 15.9 Å². The third-order valence-electron chi connectivity index (χ3n) is 2.89. The van der Waals surface area contributed by atoms with Crippen molar-refractivity contribution in [2.45, 2.75) is 31.5 Å². The third kappa shape index (κ3) is 2.62. The van der Waals surface area contributed by atoms with Gasteiger partial charge in [-0.1, -0.05) is 0 Å². The first kappa shape index (κ1) is 13.2. The molecule has 0 aromatic heterocycles. The number of hydrogen-bond acceptors (Lipinski definition) is 4. The summed E-state index contributed by atoms with van der Waals surface area (Å²) in [7, 11) is 0. The topological polar surface area (TPSA) is 72.6 Å². The second-order valence-electron chi connectivity index (χ2n) is 4.15. The van der Waals surface area contributed by atoms with Crippen molar-refractivity contribution in [3.05, 3.63) is 32.5 Å². The fourth-order valence-corrected chi connectivity index (χ4v) is 2.29. The molecule has 0 unspecified atom stereocenters. The van der Waals surface area contributed by atoms with Crippen LogP contribution in [0.15, 0.2) is 16.6 Å². The summed E-state index contributed by atoms with van der Waals surface area (Å²) < 4.78 is 18.8. The largest absolute Gasteiger partial charge is 0.481 e. The second-order valence-corrected chi connectivity index (χ2v) is 5.00. The van der Waals surface area contributed by atoms with Gasteiger partial charge in [-0.2, -0.15) is 0 Å². The number of nitrogens with zero attached hydrogens (tertiary/aromatic N) is 1. The van der Waals surface area contributed by atoms with E-state index in [0.29, 0.717) is 12.8 Å². The highest BCUT2D eigenvalue weighted by Crippen LogP contribution is 2.35. The molecule has 1 saturated carbocycles. The number of benzene rings is 1. The number of hydrogen-bond donors (Lipinski definition) is 1. The average molecular weight is 320 g/mol. The predicted octanol–water partition coefficient (Wildman–Crippen LogP) is 2.79. The summed E-state index contributed by atoms with van der Waals surface area (Å²) in [5.41, 5.74) is -0.317. The molecular weight excluding hydrogens is 309 g/mol. The summed E-state index contributed by atoms with van der Waals surface area (Å²) in [4.78, 5) is 10.2. The molecule has 1 fully saturated rings. The van der Waals surface area contributed by atoms with Gasteiger partial charge in [-0.25, -0.2) is 4.39 Å². The van der Waals surface area contributed by atoms with Gasteiger partial charge in [0.05, 0.1) is 15.5 Å². The zero-order valence-electron chi connectivity index (χ0n) is 9.31. The maximum absolute atomic E-state index is 13.4. The van der Waals surface area contributed by atoms with Crippen LogP contribution in [-0.4, -0.2) is 22.2 Å². The molecule has 98 valence electrons. The zero-order valence-corrected chi connectivity index (χ0v) is 10.9. The summed E-state index contributed by atoms with van der Waals surface area (Å²) >= 11 is 2.89. The van der Waals surface area contributed by atoms with E-state index in [4.69, 9.17) is 4.74 Å². The Balaban J connectivity index is 2.30. The molecule has 0 aliphatic heterocycles. The van der Waals surface area contributed by atoms with Crippen LogP contribution in [-0.2, 0) is 0 Å². The first-order valence-corrected chi connectivity index (χ1v) is 6.26. The molecule has 7 heteroatoms. The smallest absolute Gasteiger partial charge is 0.312 e. The zero-order chi connectivity index (χ0) is 13.3. The first-order valence-electron chi connectivity index (χ1n) is 5.47. The minimum Gasteiger partial charge on any atom is -0.481 e. The standard InChI is InChI=1S/C11H11BrFNO4/c12-6-4-8(14(16)17)11(5-7(6)13)18-10-3-1-2-9(10)15/h4-5,9-10,15H,1-3H2/t9-,10-/m1/s1. The molecule has 1 N–H and O–H groups in total. The maximum atomic E-state index is 13.4. The quantitative estimate of drug-likeness (QED) is 0.686. The van der Waals surface area contributed by atoms with Crippen molar-refractivity contribution in [3.8, 4) is 5.75 Å². The Labute approximate surface area is 111 Å². The molecule has 18 heavy (non-hydrogen) atoms. The molecule has 1 aromatic rings. The van der Waals surface area contributed by atoms with Crippen LogP contribution in [0.25, 0.3) is 0 Å². The van der Waals surface area contributed by atoms with E-state index in [1.165, 1.54) is 0 Å².